The molecule has 5 heteroatoms. The fourth-order valence-electron chi connectivity index (χ4n) is 3.69. The number of hydrogen-bond acceptors (Lipinski definition) is 3. The first-order valence-corrected chi connectivity index (χ1v) is 9.51. The van der Waals surface area contributed by atoms with E-state index in [0.29, 0.717) is 25.8 Å². The molecule has 1 aromatic carbocycles. The molecule has 1 aliphatic heterocycles. The lowest BCUT2D eigenvalue weighted by Gasteiger charge is -2.28. The minimum atomic E-state index is -0.978. The highest BCUT2D eigenvalue weighted by Gasteiger charge is 2.40. The smallest absolute Gasteiger partial charge is 0.326 e. The van der Waals surface area contributed by atoms with Crippen LogP contribution in [0.4, 0.5) is 0 Å². The lowest BCUT2D eigenvalue weighted by molar-refractivity contribution is -0.152. The van der Waals surface area contributed by atoms with Gasteiger partial charge in [0.1, 0.15) is 11.8 Å². The predicted molar refractivity (Wildman–Crippen MR) is 99.7 cm³/mol. The van der Waals surface area contributed by atoms with Gasteiger partial charge in [0, 0.05) is 13.0 Å². The average molecular weight is 359 g/mol. The van der Waals surface area contributed by atoms with Gasteiger partial charge in [0.2, 0.25) is 5.91 Å². The maximum absolute atomic E-state index is 12.8. The van der Waals surface area contributed by atoms with Crippen molar-refractivity contribution in [2.45, 2.75) is 58.4 Å². The highest BCUT2D eigenvalue weighted by Crippen LogP contribution is 2.25. The van der Waals surface area contributed by atoms with E-state index in [1.807, 2.05) is 32.0 Å². The van der Waals surface area contributed by atoms with Crippen LogP contribution >= 0.6 is 0 Å². The van der Waals surface area contributed by atoms with E-state index >= 15 is 0 Å². The molecule has 0 bridgehead atoms. The van der Waals surface area contributed by atoms with E-state index in [-0.39, 0.29) is 17.6 Å². The number of carboxylic acids is 1. The van der Waals surface area contributed by atoms with Gasteiger partial charge in [-0.3, -0.25) is 9.59 Å². The summed E-state index contributed by atoms with van der Waals surface area (Å²) in [6.45, 7) is 4.15. The second kappa shape index (κ2) is 9.51. The summed E-state index contributed by atoms with van der Waals surface area (Å²) in [5, 5.41) is 9.29. The van der Waals surface area contributed by atoms with Crippen molar-refractivity contribution in [2.75, 3.05) is 6.54 Å². The highest BCUT2D eigenvalue weighted by atomic mass is 16.4. The molecule has 26 heavy (non-hydrogen) atoms. The molecule has 0 radical (unpaired) electrons. The molecule has 1 saturated heterocycles. The van der Waals surface area contributed by atoms with Gasteiger partial charge in [0.15, 0.2) is 0 Å². The van der Waals surface area contributed by atoms with Gasteiger partial charge >= 0.3 is 5.97 Å². The number of unbranched alkanes of at least 4 members (excludes halogenated alkanes) is 1. The minimum Gasteiger partial charge on any atom is -0.480 e. The first-order chi connectivity index (χ1) is 12.4. The Bertz CT molecular complexity index is 626. The number of carbonyl (C=O) groups is 3. The average Bonchev–Trinajstić information content (AvgIpc) is 3.09. The van der Waals surface area contributed by atoms with Gasteiger partial charge in [-0.1, -0.05) is 44.2 Å². The Kier molecular flexibility index (Phi) is 7.37. The van der Waals surface area contributed by atoms with Crippen molar-refractivity contribution in [3.63, 3.8) is 0 Å². The molecule has 0 saturated carbocycles. The van der Waals surface area contributed by atoms with Crippen LogP contribution in [0.1, 0.15) is 51.5 Å². The van der Waals surface area contributed by atoms with Crippen LogP contribution in [0.15, 0.2) is 30.3 Å². The van der Waals surface area contributed by atoms with Crippen LogP contribution in [0.25, 0.3) is 0 Å². The number of benzene rings is 1. The Morgan fingerprint density at radius 2 is 1.85 bits per heavy atom. The molecule has 0 spiro atoms. The molecule has 1 heterocycles. The summed E-state index contributed by atoms with van der Waals surface area (Å²) in [6, 6.07) is 9.35. The topological polar surface area (TPSA) is 74.7 Å². The highest BCUT2D eigenvalue weighted by molar-refractivity contribution is 6.02. The Hall–Kier alpha value is -2.17. The van der Waals surface area contributed by atoms with Gasteiger partial charge in [-0.2, -0.15) is 0 Å². The molecule has 142 valence electrons. The molecule has 1 aliphatic rings. The molecule has 2 atom stereocenters. The second-order valence-corrected chi connectivity index (χ2v) is 7.41. The molecule has 2 rings (SSSR count). The predicted octanol–water partition coefficient (Wildman–Crippen LogP) is 3.32. The fraction of sp³-hybridized carbons (Fsp3) is 0.571. The molecule has 1 fully saturated rings. The Morgan fingerprint density at radius 1 is 1.15 bits per heavy atom. The molecular weight excluding hydrogens is 330 g/mol. The number of nitrogens with zero attached hydrogens (tertiary/aromatic N) is 1. The largest absolute Gasteiger partial charge is 0.480 e. The van der Waals surface area contributed by atoms with Crippen molar-refractivity contribution < 1.29 is 19.5 Å². The summed E-state index contributed by atoms with van der Waals surface area (Å²) >= 11 is 0. The number of hydrogen-bond donors (Lipinski definition) is 1. The van der Waals surface area contributed by atoms with Crippen molar-refractivity contribution in [2.24, 2.45) is 11.8 Å². The summed E-state index contributed by atoms with van der Waals surface area (Å²) < 4.78 is 0. The normalized spacial score (nSPS) is 18.1. The summed E-state index contributed by atoms with van der Waals surface area (Å²) in [6.07, 6.45) is 4.08. The lowest BCUT2D eigenvalue weighted by atomic mass is 9.87. The summed E-state index contributed by atoms with van der Waals surface area (Å²) in [5.41, 5.74) is 1.25. The number of aryl methyl sites for hydroxylation is 1. The maximum atomic E-state index is 12.8. The van der Waals surface area contributed by atoms with Crippen molar-refractivity contribution in [1.29, 1.82) is 0 Å². The summed E-state index contributed by atoms with van der Waals surface area (Å²) in [7, 11) is 0. The monoisotopic (exact) mass is 359 g/mol. The number of amides is 1. The van der Waals surface area contributed by atoms with E-state index in [1.165, 1.54) is 10.5 Å². The van der Waals surface area contributed by atoms with E-state index in [9.17, 15) is 19.5 Å². The van der Waals surface area contributed by atoms with E-state index in [2.05, 4.69) is 12.1 Å². The Labute approximate surface area is 155 Å². The van der Waals surface area contributed by atoms with Crippen molar-refractivity contribution in [1.82, 2.24) is 4.90 Å². The van der Waals surface area contributed by atoms with Gasteiger partial charge in [-0.05, 0) is 43.6 Å². The SMILES string of the molecule is CC(C)C(C(=O)CCCCc1ccccc1)C(=O)N1CCC[C@H]1C(=O)O. The number of ketones is 1. The zero-order valence-electron chi connectivity index (χ0n) is 15.7. The first kappa shape index (κ1) is 20.1. The third-order valence-electron chi connectivity index (χ3n) is 5.08. The van der Waals surface area contributed by atoms with Crippen LogP contribution in [0, 0.1) is 11.8 Å². The van der Waals surface area contributed by atoms with Crippen LogP contribution < -0.4 is 0 Å². The third-order valence-corrected chi connectivity index (χ3v) is 5.08. The number of carboxylic acid groups (broad SMARTS) is 1. The zero-order valence-corrected chi connectivity index (χ0v) is 15.7. The third kappa shape index (κ3) is 5.16. The van der Waals surface area contributed by atoms with Gasteiger partial charge < -0.3 is 10.0 Å². The molecule has 1 amide bonds. The molecule has 0 aromatic heterocycles. The summed E-state index contributed by atoms with van der Waals surface area (Å²) in [4.78, 5) is 38.3. The van der Waals surface area contributed by atoms with Crippen molar-refractivity contribution in [3.05, 3.63) is 35.9 Å². The molecular formula is C21H29NO4. The van der Waals surface area contributed by atoms with Crippen molar-refractivity contribution >= 4 is 17.7 Å². The number of aliphatic carboxylic acids is 1. The van der Waals surface area contributed by atoms with Gasteiger partial charge in [-0.15, -0.1) is 0 Å². The van der Waals surface area contributed by atoms with E-state index in [4.69, 9.17) is 0 Å². The number of carbonyl (C=O) groups excluding carboxylic acids is 2. The van der Waals surface area contributed by atoms with E-state index in [1.54, 1.807) is 0 Å². The lowest BCUT2D eigenvalue weighted by Crippen LogP contribution is -2.46. The minimum absolute atomic E-state index is 0.0610. The van der Waals surface area contributed by atoms with Crippen LogP contribution in [0.2, 0.25) is 0 Å². The summed E-state index contributed by atoms with van der Waals surface area (Å²) in [5.74, 6) is -2.20. The van der Waals surface area contributed by atoms with Gasteiger partial charge in [0.25, 0.3) is 0 Å². The first-order valence-electron chi connectivity index (χ1n) is 9.51. The van der Waals surface area contributed by atoms with Crippen LogP contribution in [0.3, 0.4) is 0 Å². The van der Waals surface area contributed by atoms with Crippen LogP contribution in [-0.4, -0.2) is 40.3 Å². The number of likely N-dealkylation sites (tertiary alicyclic amines) is 1. The van der Waals surface area contributed by atoms with E-state index in [0.717, 1.165) is 19.3 Å². The van der Waals surface area contributed by atoms with Crippen LogP contribution in [-0.2, 0) is 20.8 Å². The maximum Gasteiger partial charge on any atom is 0.326 e. The van der Waals surface area contributed by atoms with Gasteiger partial charge in [0.05, 0.1) is 5.92 Å². The van der Waals surface area contributed by atoms with Gasteiger partial charge in [-0.25, -0.2) is 4.79 Å². The Balaban J connectivity index is 1.90. The molecule has 1 unspecified atom stereocenters. The molecule has 5 nitrogen and oxygen atoms in total. The molecule has 1 N–H and O–H groups in total. The fourth-order valence-corrected chi connectivity index (χ4v) is 3.69. The standard InChI is InChI=1S/C21H29NO4/c1-15(2)19(20(24)22-14-8-12-17(22)21(25)26)18(23)13-7-6-11-16-9-4-3-5-10-16/h3-5,9-10,15,17,19H,6-8,11-14H2,1-2H3,(H,25,26)/t17-,19?/m0/s1. The van der Waals surface area contributed by atoms with Crippen molar-refractivity contribution in [3.8, 4) is 0 Å². The van der Waals surface area contributed by atoms with Crippen LogP contribution in [0.5, 0.6) is 0 Å². The van der Waals surface area contributed by atoms with E-state index < -0.39 is 17.9 Å². The number of Topliss-reactive ketones (excluding diaryl/α,β-unsaturated/α-hetero) is 1. The number of rotatable bonds is 9. The molecule has 0 aliphatic carbocycles. The quantitative estimate of drug-likeness (QED) is 0.542. The zero-order chi connectivity index (χ0) is 19.1. The Morgan fingerprint density at radius 3 is 2.46 bits per heavy atom. The molecule has 1 aromatic rings. The second-order valence-electron chi connectivity index (χ2n) is 7.41.